The van der Waals surface area contributed by atoms with E-state index in [2.05, 4.69) is 10.3 Å². The topological polar surface area (TPSA) is 45.1 Å². The zero-order valence-corrected chi connectivity index (χ0v) is 8.14. The second kappa shape index (κ2) is 4.54. The maximum absolute atomic E-state index is 8.80. The van der Waals surface area contributed by atoms with Crippen LogP contribution >= 0.6 is 11.3 Å². The molecule has 0 spiro atoms. The molecule has 0 aliphatic carbocycles. The Morgan fingerprint density at radius 3 is 2.92 bits per heavy atom. The molecule has 4 heteroatoms. The fraction of sp³-hybridized carbons (Fsp3) is 0.625. The predicted molar refractivity (Wildman–Crippen MR) is 50.2 cm³/mol. The summed E-state index contributed by atoms with van der Waals surface area (Å²) in [5, 5.41) is 15.1. The van der Waals surface area contributed by atoms with E-state index in [1.807, 2.05) is 19.2 Å². The number of nitrogens with zero attached hydrogens (tertiary/aromatic N) is 1. The number of aliphatic hydroxyl groups excluding tert-OH is 1. The smallest absolute Gasteiger partial charge is 0.109 e. The lowest BCUT2D eigenvalue weighted by Gasteiger charge is -2.15. The molecule has 1 aromatic rings. The van der Waals surface area contributed by atoms with Gasteiger partial charge in [-0.1, -0.05) is 0 Å². The SMILES string of the molecule is C[C@H](CO)N[C@@H](C)c1nccs1. The van der Waals surface area contributed by atoms with E-state index in [9.17, 15) is 0 Å². The first-order valence-electron chi connectivity index (χ1n) is 4.00. The summed E-state index contributed by atoms with van der Waals surface area (Å²) in [6, 6.07) is 0.357. The summed E-state index contributed by atoms with van der Waals surface area (Å²) in [6.07, 6.45) is 1.79. The average Bonchev–Trinajstić information content (AvgIpc) is 2.56. The number of thiazole rings is 1. The number of hydrogen-bond acceptors (Lipinski definition) is 4. The van der Waals surface area contributed by atoms with Crippen molar-refractivity contribution in [2.75, 3.05) is 6.61 Å². The molecule has 0 fully saturated rings. The monoisotopic (exact) mass is 186 g/mol. The van der Waals surface area contributed by atoms with Gasteiger partial charge >= 0.3 is 0 Å². The van der Waals surface area contributed by atoms with Gasteiger partial charge in [0.05, 0.1) is 12.6 Å². The van der Waals surface area contributed by atoms with Crippen LogP contribution in [-0.4, -0.2) is 22.7 Å². The van der Waals surface area contributed by atoms with Gasteiger partial charge in [0.25, 0.3) is 0 Å². The maximum Gasteiger partial charge on any atom is 0.109 e. The molecular weight excluding hydrogens is 172 g/mol. The van der Waals surface area contributed by atoms with E-state index in [1.165, 1.54) is 0 Å². The molecule has 0 radical (unpaired) electrons. The van der Waals surface area contributed by atoms with E-state index in [0.717, 1.165) is 5.01 Å². The number of aromatic nitrogens is 1. The number of aliphatic hydroxyl groups is 1. The normalized spacial score (nSPS) is 15.9. The van der Waals surface area contributed by atoms with Crippen LogP contribution in [0.15, 0.2) is 11.6 Å². The van der Waals surface area contributed by atoms with Crippen molar-refractivity contribution in [3.8, 4) is 0 Å². The van der Waals surface area contributed by atoms with Crippen LogP contribution in [0.25, 0.3) is 0 Å². The van der Waals surface area contributed by atoms with Gasteiger partial charge in [0.1, 0.15) is 5.01 Å². The van der Waals surface area contributed by atoms with Crippen LogP contribution in [0.3, 0.4) is 0 Å². The Labute approximate surface area is 76.5 Å². The molecule has 0 aliphatic rings. The molecule has 1 heterocycles. The van der Waals surface area contributed by atoms with Crippen molar-refractivity contribution in [1.82, 2.24) is 10.3 Å². The lowest BCUT2D eigenvalue weighted by atomic mass is 10.3. The zero-order chi connectivity index (χ0) is 8.97. The highest BCUT2D eigenvalue weighted by molar-refractivity contribution is 7.09. The highest BCUT2D eigenvalue weighted by Crippen LogP contribution is 2.14. The lowest BCUT2D eigenvalue weighted by Crippen LogP contribution is -2.31. The van der Waals surface area contributed by atoms with Gasteiger partial charge in [-0.2, -0.15) is 0 Å². The number of rotatable bonds is 4. The van der Waals surface area contributed by atoms with E-state index in [4.69, 9.17) is 5.11 Å². The molecule has 2 atom stereocenters. The maximum atomic E-state index is 8.80. The zero-order valence-electron chi connectivity index (χ0n) is 7.32. The van der Waals surface area contributed by atoms with Crippen LogP contribution in [0.1, 0.15) is 24.9 Å². The minimum absolute atomic E-state index is 0.129. The Morgan fingerprint density at radius 1 is 1.67 bits per heavy atom. The van der Waals surface area contributed by atoms with Crippen molar-refractivity contribution >= 4 is 11.3 Å². The van der Waals surface area contributed by atoms with Crippen LogP contribution in [0.2, 0.25) is 0 Å². The second-order valence-corrected chi connectivity index (χ2v) is 3.77. The Hall–Kier alpha value is -0.450. The minimum atomic E-state index is 0.129. The van der Waals surface area contributed by atoms with Crippen LogP contribution in [0.4, 0.5) is 0 Å². The Bertz CT molecular complexity index is 213. The summed E-state index contributed by atoms with van der Waals surface area (Å²) < 4.78 is 0. The van der Waals surface area contributed by atoms with Crippen LogP contribution in [-0.2, 0) is 0 Å². The van der Waals surface area contributed by atoms with Gasteiger partial charge in [0.2, 0.25) is 0 Å². The Balaban J connectivity index is 2.44. The van der Waals surface area contributed by atoms with Crippen molar-refractivity contribution in [2.24, 2.45) is 0 Å². The summed E-state index contributed by atoms with van der Waals surface area (Å²) in [5.74, 6) is 0. The molecule has 0 aromatic carbocycles. The first kappa shape index (κ1) is 9.64. The summed E-state index contributed by atoms with van der Waals surface area (Å²) in [7, 11) is 0. The minimum Gasteiger partial charge on any atom is -0.395 e. The predicted octanol–water partition coefficient (Wildman–Crippen LogP) is 1.17. The van der Waals surface area contributed by atoms with E-state index in [1.54, 1.807) is 17.5 Å². The molecule has 0 saturated heterocycles. The third kappa shape index (κ3) is 2.55. The van der Waals surface area contributed by atoms with Crippen LogP contribution in [0, 0.1) is 0 Å². The quantitative estimate of drug-likeness (QED) is 0.742. The van der Waals surface area contributed by atoms with Gasteiger partial charge < -0.3 is 10.4 Å². The van der Waals surface area contributed by atoms with Crippen molar-refractivity contribution in [2.45, 2.75) is 25.9 Å². The van der Waals surface area contributed by atoms with Crippen LogP contribution in [0.5, 0.6) is 0 Å². The molecular formula is C8H14N2OS. The highest BCUT2D eigenvalue weighted by Gasteiger charge is 2.09. The average molecular weight is 186 g/mol. The molecule has 1 aromatic heterocycles. The van der Waals surface area contributed by atoms with E-state index < -0.39 is 0 Å². The molecule has 12 heavy (non-hydrogen) atoms. The van der Waals surface area contributed by atoms with Gasteiger partial charge in [0.15, 0.2) is 0 Å². The third-order valence-electron chi connectivity index (χ3n) is 1.63. The van der Waals surface area contributed by atoms with E-state index in [-0.39, 0.29) is 18.7 Å². The van der Waals surface area contributed by atoms with Gasteiger partial charge in [-0.05, 0) is 13.8 Å². The molecule has 0 saturated carbocycles. The van der Waals surface area contributed by atoms with E-state index >= 15 is 0 Å². The molecule has 68 valence electrons. The lowest BCUT2D eigenvalue weighted by molar-refractivity contribution is 0.243. The van der Waals surface area contributed by atoms with Gasteiger partial charge in [-0.25, -0.2) is 4.98 Å². The molecule has 2 N–H and O–H groups in total. The largest absolute Gasteiger partial charge is 0.395 e. The second-order valence-electron chi connectivity index (χ2n) is 2.84. The van der Waals surface area contributed by atoms with E-state index in [0.29, 0.717) is 0 Å². The van der Waals surface area contributed by atoms with Crippen molar-refractivity contribution in [1.29, 1.82) is 0 Å². The first-order chi connectivity index (χ1) is 5.74. The van der Waals surface area contributed by atoms with Crippen molar-refractivity contribution in [3.05, 3.63) is 16.6 Å². The molecule has 0 aliphatic heterocycles. The standard InChI is InChI=1S/C8H14N2OS/c1-6(5-11)10-7(2)8-9-3-4-12-8/h3-4,6-7,10-11H,5H2,1-2H3/t6-,7+/m1/s1. The van der Waals surface area contributed by atoms with Gasteiger partial charge in [-0.15, -0.1) is 11.3 Å². The van der Waals surface area contributed by atoms with Crippen molar-refractivity contribution in [3.63, 3.8) is 0 Å². The summed E-state index contributed by atoms with van der Waals surface area (Å²) in [4.78, 5) is 4.18. The van der Waals surface area contributed by atoms with Crippen LogP contribution < -0.4 is 5.32 Å². The summed E-state index contributed by atoms with van der Waals surface area (Å²) in [6.45, 7) is 4.16. The molecule has 0 bridgehead atoms. The first-order valence-corrected chi connectivity index (χ1v) is 4.88. The van der Waals surface area contributed by atoms with Gasteiger partial charge in [-0.3, -0.25) is 0 Å². The number of nitrogens with one attached hydrogen (secondary N) is 1. The van der Waals surface area contributed by atoms with Crippen molar-refractivity contribution < 1.29 is 5.11 Å². The molecule has 1 rings (SSSR count). The summed E-state index contributed by atoms with van der Waals surface area (Å²) in [5.41, 5.74) is 0. The summed E-state index contributed by atoms with van der Waals surface area (Å²) >= 11 is 1.63. The number of hydrogen-bond donors (Lipinski definition) is 2. The van der Waals surface area contributed by atoms with Gasteiger partial charge in [0, 0.05) is 17.6 Å². The Kier molecular flexibility index (Phi) is 3.65. The fourth-order valence-electron chi connectivity index (χ4n) is 0.999. The molecule has 0 unspecified atom stereocenters. The highest BCUT2D eigenvalue weighted by atomic mass is 32.1. The molecule has 3 nitrogen and oxygen atoms in total. The molecule has 0 amide bonds. The fourth-order valence-corrected chi connectivity index (χ4v) is 1.65. The Morgan fingerprint density at radius 2 is 2.42 bits per heavy atom. The third-order valence-corrected chi connectivity index (χ3v) is 2.59.